The SMILES string of the molecule is COc1ccc(-n2c(SCCCCC(=O)N3CCN(C(=O)c4ccc(-c5ccccc5)cc4)C(C)C3)nnc2-c2ccccc2)cc1. The molecule has 8 nitrogen and oxygen atoms in total. The maximum atomic E-state index is 13.3. The molecule has 1 atom stereocenters. The van der Waals surface area contributed by atoms with E-state index >= 15 is 0 Å². The molecule has 1 aliphatic heterocycles. The topological polar surface area (TPSA) is 80.6 Å². The number of benzene rings is 4. The first kappa shape index (κ1) is 32.1. The largest absolute Gasteiger partial charge is 0.497 e. The van der Waals surface area contributed by atoms with E-state index in [1.54, 1.807) is 18.9 Å². The van der Waals surface area contributed by atoms with Gasteiger partial charge in [0.25, 0.3) is 5.91 Å². The molecule has 0 N–H and O–H groups in total. The lowest BCUT2D eigenvalue weighted by molar-refractivity contribution is -0.133. The van der Waals surface area contributed by atoms with E-state index in [2.05, 4.69) is 26.9 Å². The first-order chi connectivity index (χ1) is 23.0. The minimum atomic E-state index is -0.0484. The molecule has 1 saturated heterocycles. The molecule has 2 heterocycles. The average molecular weight is 646 g/mol. The molecule has 1 aliphatic rings. The fourth-order valence-electron chi connectivity index (χ4n) is 5.89. The quantitative estimate of drug-likeness (QED) is 0.111. The zero-order chi connectivity index (χ0) is 32.6. The lowest BCUT2D eigenvalue weighted by Gasteiger charge is -2.40. The van der Waals surface area contributed by atoms with Crippen molar-refractivity contribution in [2.75, 3.05) is 32.5 Å². The van der Waals surface area contributed by atoms with E-state index in [1.807, 2.05) is 114 Å². The van der Waals surface area contributed by atoms with Crippen molar-refractivity contribution in [3.8, 4) is 34.0 Å². The van der Waals surface area contributed by atoms with Gasteiger partial charge in [-0.25, -0.2) is 0 Å². The number of methoxy groups -OCH3 is 1. The molecule has 5 aromatic rings. The van der Waals surface area contributed by atoms with Crippen molar-refractivity contribution in [2.24, 2.45) is 0 Å². The Morgan fingerprint density at radius 3 is 2.11 bits per heavy atom. The van der Waals surface area contributed by atoms with Crippen LogP contribution in [0.4, 0.5) is 0 Å². The van der Waals surface area contributed by atoms with E-state index in [0.29, 0.717) is 31.6 Å². The molecule has 1 unspecified atom stereocenters. The van der Waals surface area contributed by atoms with Crippen molar-refractivity contribution in [3.63, 3.8) is 0 Å². The number of hydrogen-bond acceptors (Lipinski definition) is 6. The van der Waals surface area contributed by atoms with Gasteiger partial charge < -0.3 is 14.5 Å². The van der Waals surface area contributed by atoms with Crippen LogP contribution in [-0.2, 0) is 4.79 Å². The van der Waals surface area contributed by atoms with Crippen LogP contribution in [0.3, 0.4) is 0 Å². The molecule has 1 aromatic heterocycles. The second kappa shape index (κ2) is 15.1. The predicted molar refractivity (Wildman–Crippen MR) is 187 cm³/mol. The Morgan fingerprint density at radius 2 is 1.45 bits per heavy atom. The summed E-state index contributed by atoms with van der Waals surface area (Å²) >= 11 is 1.64. The van der Waals surface area contributed by atoms with Gasteiger partial charge in [0, 0.05) is 54.7 Å². The van der Waals surface area contributed by atoms with E-state index in [0.717, 1.165) is 57.7 Å². The van der Waals surface area contributed by atoms with E-state index < -0.39 is 0 Å². The second-order valence-corrected chi connectivity index (χ2v) is 12.7. The number of rotatable bonds is 11. The summed E-state index contributed by atoms with van der Waals surface area (Å²) in [4.78, 5) is 30.2. The number of nitrogens with zero attached hydrogens (tertiary/aromatic N) is 5. The highest BCUT2D eigenvalue weighted by molar-refractivity contribution is 7.99. The molecule has 0 spiro atoms. The third-order valence-electron chi connectivity index (χ3n) is 8.49. The minimum absolute atomic E-state index is 0.0131. The number of carbonyl (C=O) groups is 2. The van der Waals surface area contributed by atoms with Gasteiger partial charge in [0.05, 0.1) is 7.11 Å². The van der Waals surface area contributed by atoms with Gasteiger partial charge in [0.2, 0.25) is 5.91 Å². The number of ether oxygens (including phenoxy) is 1. The summed E-state index contributed by atoms with van der Waals surface area (Å²) < 4.78 is 7.42. The Morgan fingerprint density at radius 1 is 0.787 bits per heavy atom. The lowest BCUT2D eigenvalue weighted by atomic mass is 10.0. The van der Waals surface area contributed by atoms with Crippen LogP contribution < -0.4 is 4.74 Å². The minimum Gasteiger partial charge on any atom is -0.497 e. The van der Waals surface area contributed by atoms with Gasteiger partial charge in [-0.15, -0.1) is 10.2 Å². The number of piperazine rings is 1. The van der Waals surface area contributed by atoms with Crippen LogP contribution in [0.1, 0.15) is 36.5 Å². The molecule has 2 amide bonds. The van der Waals surface area contributed by atoms with Crippen LogP contribution in [0.15, 0.2) is 114 Å². The molecular formula is C38H39N5O3S. The molecule has 0 bridgehead atoms. The Kier molecular flexibility index (Phi) is 10.3. The summed E-state index contributed by atoms with van der Waals surface area (Å²) in [6, 6.07) is 35.8. The van der Waals surface area contributed by atoms with E-state index in [9.17, 15) is 9.59 Å². The van der Waals surface area contributed by atoms with Gasteiger partial charge in [-0.1, -0.05) is 84.6 Å². The fourth-order valence-corrected chi connectivity index (χ4v) is 6.84. The summed E-state index contributed by atoms with van der Waals surface area (Å²) in [5.41, 5.74) is 4.83. The summed E-state index contributed by atoms with van der Waals surface area (Å²) in [5, 5.41) is 9.86. The summed E-state index contributed by atoms with van der Waals surface area (Å²) in [5.74, 6) is 2.55. The standard InChI is InChI=1S/C38H39N5O3S/c1-28-27-41(24-25-42(28)37(45)32-18-16-30(17-19-32)29-11-5-3-6-12-29)35(44)15-9-10-26-47-38-40-39-36(31-13-7-4-8-14-31)43(38)33-20-22-34(46-2)23-21-33/h3-8,11-14,16-23,28H,9-10,15,24-27H2,1-2H3. The number of carbonyl (C=O) groups excluding carboxylic acids is 2. The van der Waals surface area contributed by atoms with Crippen molar-refractivity contribution < 1.29 is 14.3 Å². The molecule has 240 valence electrons. The van der Waals surface area contributed by atoms with E-state index in [1.165, 1.54) is 0 Å². The van der Waals surface area contributed by atoms with Gasteiger partial charge in [0.1, 0.15) is 5.75 Å². The third-order valence-corrected chi connectivity index (χ3v) is 9.51. The summed E-state index contributed by atoms with van der Waals surface area (Å²) in [6.07, 6.45) is 2.15. The van der Waals surface area contributed by atoms with Crippen molar-refractivity contribution in [1.29, 1.82) is 0 Å². The first-order valence-electron chi connectivity index (χ1n) is 16.0. The number of unbranched alkanes of at least 4 members (excludes halogenated alkanes) is 1. The Labute approximate surface area is 280 Å². The first-order valence-corrected chi connectivity index (χ1v) is 17.0. The van der Waals surface area contributed by atoms with Crippen molar-refractivity contribution in [1.82, 2.24) is 24.6 Å². The molecule has 0 saturated carbocycles. The third kappa shape index (κ3) is 7.58. The second-order valence-electron chi connectivity index (χ2n) is 11.6. The summed E-state index contributed by atoms with van der Waals surface area (Å²) in [7, 11) is 1.66. The Balaban J connectivity index is 0.992. The highest BCUT2D eigenvalue weighted by Crippen LogP contribution is 2.29. The maximum absolute atomic E-state index is 13.3. The smallest absolute Gasteiger partial charge is 0.254 e. The Hall–Kier alpha value is -4.89. The predicted octanol–water partition coefficient (Wildman–Crippen LogP) is 7.25. The number of thioether (sulfide) groups is 1. The highest BCUT2D eigenvalue weighted by Gasteiger charge is 2.30. The average Bonchev–Trinajstić information content (AvgIpc) is 3.55. The van der Waals surface area contributed by atoms with Crippen LogP contribution >= 0.6 is 11.8 Å². The Bertz CT molecular complexity index is 1780. The number of hydrogen-bond donors (Lipinski definition) is 0. The molecule has 9 heteroatoms. The molecule has 47 heavy (non-hydrogen) atoms. The van der Waals surface area contributed by atoms with E-state index in [-0.39, 0.29) is 17.9 Å². The zero-order valence-electron chi connectivity index (χ0n) is 26.8. The number of amides is 2. The van der Waals surface area contributed by atoms with Crippen molar-refractivity contribution in [3.05, 3.63) is 115 Å². The normalized spacial score (nSPS) is 14.6. The monoisotopic (exact) mass is 645 g/mol. The molecular weight excluding hydrogens is 607 g/mol. The van der Waals surface area contributed by atoms with Gasteiger partial charge in [-0.3, -0.25) is 14.2 Å². The van der Waals surface area contributed by atoms with Crippen LogP contribution in [0, 0.1) is 0 Å². The molecule has 6 rings (SSSR count). The van der Waals surface area contributed by atoms with Crippen LogP contribution in [0.25, 0.3) is 28.2 Å². The van der Waals surface area contributed by atoms with Crippen LogP contribution in [0.5, 0.6) is 5.75 Å². The van der Waals surface area contributed by atoms with Gasteiger partial charge in [-0.05, 0) is 67.3 Å². The molecule has 1 fully saturated rings. The number of aromatic nitrogens is 3. The van der Waals surface area contributed by atoms with Crippen molar-refractivity contribution in [2.45, 2.75) is 37.4 Å². The van der Waals surface area contributed by atoms with E-state index in [4.69, 9.17) is 4.74 Å². The van der Waals surface area contributed by atoms with Crippen molar-refractivity contribution >= 4 is 23.6 Å². The summed E-state index contributed by atoms with van der Waals surface area (Å²) in [6.45, 7) is 3.66. The molecule has 0 aliphatic carbocycles. The molecule has 0 radical (unpaired) electrons. The van der Waals surface area contributed by atoms with Crippen LogP contribution in [-0.4, -0.2) is 74.9 Å². The molecule has 4 aromatic carbocycles. The zero-order valence-corrected chi connectivity index (χ0v) is 27.6. The van der Waals surface area contributed by atoms with Gasteiger partial charge >= 0.3 is 0 Å². The lowest BCUT2D eigenvalue weighted by Crippen LogP contribution is -2.55. The van der Waals surface area contributed by atoms with Crippen LogP contribution in [0.2, 0.25) is 0 Å². The van der Waals surface area contributed by atoms with Gasteiger partial charge in [-0.2, -0.15) is 0 Å². The fraction of sp³-hybridized carbons (Fsp3) is 0.263. The maximum Gasteiger partial charge on any atom is 0.254 e. The van der Waals surface area contributed by atoms with Gasteiger partial charge in [0.15, 0.2) is 11.0 Å². The highest BCUT2D eigenvalue weighted by atomic mass is 32.2.